The predicted octanol–water partition coefficient (Wildman–Crippen LogP) is 1.92. The second-order valence-electron chi connectivity index (χ2n) is 2.64. The number of rotatable bonds is 3. The lowest BCUT2D eigenvalue weighted by Crippen LogP contribution is -1.92. The number of allylic oxidation sites excluding steroid dienone is 1. The van der Waals surface area contributed by atoms with Crippen LogP contribution in [0.2, 0.25) is 0 Å². The van der Waals surface area contributed by atoms with Crippen LogP contribution in [0.3, 0.4) is 0 Å². The van der Waals surface area contributed by atoms with Crippen LogP contribution < -0.4 is 5.73 Å². The minimum absolute atomic E-state index is 0.624. The van der Waals surface area contributed by atoms with Crippen LogP contribution in [0.15, 0.2) is 16.9 Å². The lowest BCUT2D eigenvalue weighted by atomic mass is 10.1. The molecule has 0 aliphatic heterocycles. The van der Waals surface area contributed by atoms with Gasteiger partial charge in [0.15, 0.2) is 0 Å². The molecular formula is C8H16N2. The highest BCUT2D eigenvalue weighted by atomic mass is 14.7. The molecule has 0 atom stereocenters. The molecule has 10 heavy (non-hydrogen) atoms. The van der Waals surface area contributed by atoms with Crippen LogP contribution in [-0.4, -0.2) is 6.21 Å². The Bertz CT molecular complexity index is 134. The first-order chi connectivity index (χ1) is 4.70. The number of hydrogen-bond acceptors (Lipinski definition) is 2. The fraction of sp³-hybridized carbons (Fsp3) is 0.625. The summed E-state index contributed by atoms with van der Waals surface area (Å²) in [6.07, 6.45) is 4.29. The molecule has 0 aromatic heterocycles. The largest absolute Gasteiger partial charge is 0.403 e. The summed E-state index contributed by atoms with van der Waals surface area (Å²) in [5.41, 5.74) is 6.30. The van der Waals surface area contributed by atoms with E-state index in [0.29, 0.717) is 5.92 Å². The Hall–Kier alpha value is -0.790. The highest BCUT2D eigenvalue weighted by molar-refractivity contribution is 5.55. The van der Waals surface area contributed by atoms with Gasteiger partial charge in [-0.1, -0.05) is 13.8 Å². The summed E-state index contributed by atoms with van der Waals surface area (Å²) in [5.74, 6) is 0.624. The summed E-state index contributed by atoms with van der Waals surface area (Å²) in [6.45, 7) is 6.19. The number of hydrogen-bond donors (Lipinski definition) is 1. The predicted molar refractivity (Wildman–Crippen MR) is 45.9 cm³/mol. The molecule has 0 saturated carbocycles. The van der Waals surface area contributed by atoms with Gasteiger partial charge in [-0.15, -0.1) is 0 Å². The maximum Gasteiger partial charge on any atom is 0.0556 e. The van der Waals surface area contributed by atoms with Crippen LogP contribution in [0.25, 0.3) is 0 Å². The maximum absolute atomic E-state index is 5.33. The summed E-state index contributed by atoms with van der Waals surface area (Å²) in [7, 11) is 0. The van der Waals surface area contributed by atoms with E-state index in [1.165, 1.54) is 0 Å². The van der Waals surface area contributed by atoms with E-state index >= 15 is 0 Å². The zero-order valence-electron chi connectivity index (χ0n) is 6.96. The SMILES string of the molecule is C/C=N\C(=C/N)CC(C)C. The highest BCUT2D eigenvalue weighted by Crippen LogP contribution is 2.09. The van der Waals surface area contributed by atoms with Crippen LogP contribution >= 0.6 is 0 Å². The summed E-state index contributed by atoms with van der Waals surface area (Å²) < 4.78 is 0. The summed E-state index contributed by atoms with van der Waals surface area (Å²) >= 11 is 0. The third-order valence-electron chi connectivity index (χ3n) is 1.10. The van der Waals surface area contributed by atoms with Gasteiger partial charge in [0.2, 0.25) is 0 Å². The van der Waals surface area contributed by atoms with E-state index in [-0.39, 0.29) is 0 Å². The van der Waals surface area contributed by atoms with E-state index in [4.69, 9.17) is 5.73 Å². The Morgan fingerprint density at radius 1 is 1.60 bits per heavy atom. The second kappa shape index (κ2) is 5.03. The van der Waals surface area contributed by atoms with Gasteiger partial charge in [-0.25, -0.2) is 0 Å². The fourth-order valence-corrected chi connectivity index (χ4v) is 0.748. The lowest BCUT2D eigenvalue weighted by molar-refractivity contribution is 0.638. The Kier molecular flexibility index (Phi) is 4.63. The first-order valence-corrected chi connectivity index (χ1v) is 3.60. The van der Waals surface area contributed by atoms with Crippen molar-refractivity contribution in [2.45, 2.75) is 27.2 Å². The monoisotopic (exact) mass is 140 g/mol. The zero-order chi connectivity index (χ0) is 7.98. The number of nitrogens with two attached hydrogens (primary N) is 1. The molecule has 2 nitrogen and oxygen atoms in total. The van der Waals surface area contributed by atoms with E-state index in [0.717, 1.165) is 12.1 Å². The molecule has 0 radical (unpaired) electrons. The second-order valence-corrected chi connectivity index (χ2v) is 2.64. The van der Waals surface area contributed by atoms with Crippen LogP contribution in [-0.2, 0) is 0 Å². The Morgan fingerprint density at radius 2 is 2.20 bits per heavy atom. The molecule has 0 bridgehead atoms. The van der Waals surface area contributed by atoms with Crippen molar-refractivity contribution < 1.29 is 0 Å². The zero-order valence-corrected chi connectivity index (χ0v) is 6.96. The van der Waals surface area contributed by atoms with Crippen molar-refractivity contribution in [1.82, 2.24) is 0 Å². The lowest BCUT2D eigenvalue weighted by Gasteiger charge is -2.02. The van der Waals surface area contributed by atoms with Gasteiger partial charge < -0.3 is 5.73 Å². The molecule has 0 amide bonds. The highest BCUT2D eigenvalue weighted by Gasteiger charge is 1.96. The minimum Gasteiger partial charge on any atom is -0.403 e. The number of aliphatic imine (C=N–C) groups is 1. The Morgan fingerprint density at radius 3 is 2.50 bits per heavy atom. The molecule has 0 fully saturated rings. The van der Waals surface area contributed by atoms with E-state index < -0.39 is 0 Å². The molecule has 0 saturated heterocycles. The first kappa shape index (κ1) is 9.21. The van der Waals surface area contributed by atoms with Crippen molar-refractivity contribution in [2.24, 2.45) is 16.6 Å². The molecule has 0 unspecified atom stereocenters. The van der Waals surface area contributed by atoms with Gasteiger partial charge in [-0.05, 0) is 19.3 Å². The summed E-state index contributed by atoms with van der Waals surface area (Å²) in [5, 5.41) is 0. The molecule has 58 valence electrons. The van der Waals surface area contributed by atoms with Gasteiger partial charge in [0.05, 0.1) is 5.70 Å². The summed E-state index contributed by atoms with van der Waals surface area (Å²) in [6, 6.07) is 0. The van der Waals surface area contributed by atoms with E-state index in [9.17, 15) is 0 Å². The molecule has 2 heteroatoms. The van der Waals surface area contributed by atoms with Gasteiger partial charge in [-0.2, -0.15) is 0 Å². The van der Waals surface area contributed by atoms with E-state index in [2.05, 4.69) is 18.8 Å². The van der Waals surface area contributed by atoms with Crippen molar-refractivity contribution in [1.29, 1.82) is 0 Å². The van der Waals surface area contributed by atoms with Crippen molar-refractivity contribution in [3.8, 4) is 0 Å². The summed E-state index contributed by atoms with van der Waals surface area (Å²) in [4.78, 5) is 4.09. The molecule has 0 aromatic rings. The molecule has 2 N–H and O–H groups in total. The fourth-order valence-electron chi connectivity index (χ4n) is 0.748. The molecule has 0 rings (SSSR count). The molecule has 0 heterocycles. The van der Waals surface area contributed by atoms with E-state index in [1.54, 1.807) is 12.4 Å². The van der Waals surface area contributed by atoms with E-state index in [1.807, 2.05) is 6.92 Å². The first-order valence-electron chi connectivity index (χ1n) is 3.60. The molecular weight excluding hydrogens is 124 g/mol. The Balaban J connectivity index is 3.86. The third-order valence-corrected chi connectivity index (χ3v) is 1.10. The van der Waals surface area contributed by atoms with Crippen molar-refractivity contribution in [3.05, 3.63) is 11.9 Å². The van der Waals surface area contributed by atoms with Crippen molar-refractivity contribution >= 4 is 6.21 Å². The third kappa shape index (κ3) is 4.13. The standard InChI is InChI=1S/C8H16N2/c1-4-10-8(6-9)5-7(2)3/h4,6-7H,5,9H2,1-3H3/b8-6-,10-4-. The average Bonchev–Trinajstić information content (AvgIpc) is 1.86. The van der Waals surface area contributed by atoms with Gasteiger partial charge in [0, 0.05) is 12.4 Å². The van der Waals surface area contributed by atoms with Crippen molar-refractivity contribution in [2.75, 3.05) is 0 Å². The van der Waals surface area contributed by atoms with Crippen molar-refractivity contribution in [3.63, 3.8) is 0 Å². The Labute approximate surface area is 62.8 Å². The molecule has 0 aliphatic rings. The van der Waals surface area contributed by atoms with Crippen LogP contribution in [0.4, 0.5) is 0 Å². The maximum atomic E-state index is 5.33. The average molecular weight is 140 g/mol. The van der Waals surface area contributed by atoms with Crippen LogP contribution in [0.5, 0.6) is 0 Å². The van der Waals surface area contributed by atoms with Gasteiger partial charge in [0.1, 0.15) is 0 Å². The van der Waals surface area contributed by atoms with Gasteiger partial charge in [0.25, 0.3) is 0 Å². The van der Waals surface area contributed by atoms with Crippen LogP contribution in [0, 0.1) is 5.92 Å². The minimum atomic E-state index is 0.624. The van der Waals surface area contributed by atoms with Gasteiger partial charge >= 0.3 is 0 Å². The van der Waals surface area contributed by atoms with Gasteiger partial charge in [-0.3, -0.25) is 4.99 Å². The smallest absolute Gasteiger partial charge is 0.0556 e. The topological polar surface area (TPSA) is 38.4 Å². The van der Waals surface area contributed by atoms with Crippen LogP contribution in [0.1, 0.15) is 27.2 Å². The number of nitrogens with zero attached hydrogens (tertiary/aromatic N) is 1. The normalized spacial score (nSPS) is 13.4. The molecule has 0 aliphatic carbocycles. The molecule has 0 spiro atoms. The quantitative estimate of drug-likeness (QED) is 0.597. The molecule has 0 aromatic carbocycles.